The summed E-state index contributed by atoms with van der Waals surface area (Å²) in [7, 11) is 0. The van der Waals surface area contributed by atoms with Crippen LogP contribution >= 0.6 is 0 Å². The van der Waals surface area contributed by atoms with Crippen LogP contribution in [0.3, 0.4) is 0 Å². The molecule has 1 aromatic carbocycles. The van der Waals surface area contributed by atoms with E-state index in [1.165, 1.54) is 6.42 Å². The van der Waals surface area contributed by atoms with Crippen LogP contribution in [0.1, 0.15) is 56.9 Å². The number of ether oxygens (including phenoxy) is 2. The van der Waals surface area contributed by atoms with Gasteiger partial charge in [0.2, 0.25) is 18.6 Å². The fraction of sp³-hybridized carbons (Fsp3) is 0.654. The zero-order valence-corrected chi connectivity index (χ0v) is 20.3. The minimum absolute atomic E-state index is 0.123. The van der Waals surface area contributed by atoms with Crippen molar-refractivity contribution in [2.24, 2.45) is 11.8 Å². The molecule has 1 unspecified atom stereocenters. The maximum absolute atomic E-state index is 13.0. The smallest absolute Gasteiger partial charge is 0.305 e. The molecular weight excluding hydrogens is 450 g/mol. The summed E-state index contributed by atoms with van der Waals surface area (Å²) in [6.07, 6.45) is 6.22. The van der Waals surface area contributed by atoms with Gasteiger partial charge in [-0.3, -0.25) is 14.4 Å². The van der Waals surface area contributed by atoms with Crippen molar-refractivity contribution in [2.45, 2.75) is 63.8 Å². The van der Waals surface area contributed by atoms with Crippen LogP contribution < -0.4 is 20.1 Å². The van der Waals surface area contributed by atoms with Gasteiger partial charge < -0.3 is 30.1 Å². The van der Waals surface area contributed by atoms with E-state index in [4.69, 9.17) is 9.47 Å². The molecule has 0 bridgehead atoms. The van der Waals surface area contributed by atoms with Crippen molar-refractivity contribution in [3.8, 4) is 11.5 Å². The first-order chi connectivity index (χ1) is 17.0. The summed E-state index contributed by atoms with van der Waals surface area (Å²) in [5, 5.41) is 15.7. The van der Waals surface area contributed by atoms with Crippen molar-refractivity contribution in [1.82, 2.24) is 15.5 Å². The van der Waals surface area contributed by atoms with Gasteiger partial charge in [0.05, 0.1) is 12.3 Å². The Morgan fingerprint density at radius 2 is 2.03 bits per heavy atom. The van der Waals surface area contributed by atoms with Crippen LogP contribution in [-0.4, -0.2) is 66.8 Å². The molecule has 0 saturated carbocycles. The Hall–Kier alpha value is -2.81. The quantitative estimate of drug-likeness (QED) is 0.464. The second-order valence-electron chi connectivity index (χ2n) is 9.96. The summed E-state index contributed by atoms with van der Waals surface area (Å²) in [6.45, 7) is 3.35. The fourth-order valence-electron chi connectivity index (χ4n) is 5.27. The number of aliphatic carboxylic acids is 1. The molecule has 3 N–H and O–H groups in total. The monoisotopic (exact) mass is 487 g/mol. The highest BCUT2D eigenvalue weighted by molar-refractivity contribution is 5.82. The first-order valence-electron chi connectivity index (χ1n) is 12.9. The van der Waals surface area contributed by atoms with E-state index in [0.717, 1.165) is 37.9 Å². The molecule has 2 saturated heterocycles. The number of amides is 2. The van der Waals surface area contributed by atoms with Gasteiger partial charge in [-0.2, -0.15) is 0 Å². The van der Waals surface area contributed by atoms with Crippen molar-refractivity contribution in [3.63, 3.8) is 0 Å². The number of carboxylic acid groups (broad SMARTS) is 1. The third kappa shape index (κ3) is 7.34. The number of fused-ring (bicyclic) bond motifs is 1. The second-order valence-corrected chi connectivity index (χ2v) is 9.96. The molecule has 0 aliphatic carbocycles. The minimum Gasteiger partial charge on any atom is -0.481 e. The highest BCUT2D eigenvalue weighted by Crippen LogP contribution is 2.33. The molecule has 3 atom stereocenters. The number of benzene rings is 1. The number of piperidine rings is 2. The zero-order chi connectivity index (χ0) is 24.6. The maximum Gasteiger partial charge on any atom is 0.305 e. The number of hydrogen-bond acceptors (Lipinski definition) is 6. The number of carboxylic acids is 1. The molecule has 0 spiro atoms. The number of carbonyl (C=O) groups is 3. The zero-order valence-electron chi connectivity index (χ0n) is 20.3. The Labute approximate surface area is 206 Å². The second kappa shape index (κ2) is 12.2. The first kappa shape index (κ1) is 25.3. The molecule has 4 rings (SSSR count). The van der Waals surface area contributed by atoms with Crippen molar-refractivity contribution in [1.29, 1.82) is 0 Å². The maximum atomic E-state index is 13.0. The molecule has 3 heterocycles. The summed E-state index contributed by atoms with van der Waals surface area (Å²) in [6, 6.07) is 5.20. The number of carbonyl (C=O) groups excluding carboxylic acids is 2. The van der Waals surface area contributed by atoms with Crippen LogP contribution in [0.2, 0.25) is 0 Å². The Balaban J connectivity index is 1.27. The Morgan fingerprint density at radius 3 is 2.83 bits per heavy atom. The van der Waals surface area contributed by atoms with Gasteiger partial charge in [-0.15, -0.1) is 0 Å². The molecule has 3 aliphatic heterocycles. The van der Waals surface area contributed by atoms with E-state index in [1.54, 1.807) is 0 Å². The highest BCUT2D eigenvalue weighted by atomic mass is 16.7. The van der Waals surface area contributed by atoms with Crippen LogP contribution in [-0.2, 0) is 20.8 Å². The van der Waals surface area contributed by atoms with Gasteiger partial charge in [0.25, 0.3) is 0 Å². The van der Waals surface area contributed by atoms with E-state index in [1.807, 2.05) is 23.1 Å². The SMILES string of the molecule is O=C(O)C[C@@H](CCc1ccc2c(c1)OCO2)NC(=O)[C@@H]1CCCN(C(=O)CCC2CCCNC2)C1. The molecule has 35 heavy (non-hydrogen) atoms. The fourth-order valence-corrected chi connectivity index (χ4v) is 5.27. The molecule has 9 heteroatoms. The predicted octanol–water partition coefficient (Wildman–Crippen LogP) is 2.33. The summed E-state index contributed by atoms with van der Waals surface area (Å²) >= 11 is 0. The Bertz CT molecular complexity index is 901. The number of rotatable bonds is 10. The minimum atomic E-state index is -0.946. The van der Waals surface area contributed by atoms with Crippen molar-refractivity contribution in [2.75, 3.05) is 33.0 Å². The van der Waals surface area contributed by atoms with Crippen LogP contribution in [0.5, 0.6) is 11.5 Å². The Kier molecular flexibility index (Phi) is 8.84. The number of aryl methyl sites for hydroxylation is 1. The molecule has 0 aromatic heterocycles. The van der Waals surface area contributed by atoms with Gasteiger partial charge in [-0.05, 0) is 81.6 Å². The summed E-state index contributed by atoms with van der Waals surface area (Å²) < 4.78 is 10.7. The third-order valence-corrected chi connectivity index (χ3v) is 7.30. The van der Waals surface area contributed by atoms with Gasteiger partial charge in [-0.1, -0.05) is 6.07 Å². The molecule has 2 fully saturated rings. The average Bonchev–Trinajstić information content (AvgIpc) is 3.34. The summed E-state index contributed by atoms with van der Waals surface area (Å²) in [5.74, 6) is 0.667. The lowest BCUT2D eigenvalue weighted by molar-refractivity contribution is -0.138. The van der Waals surface area contributed by atoms with E-state index in [0.29, 0.717) is 56.2 Å². The van der Waals surface area contributed by atoms with Crippen LogP contribution in [0.4, 0.5) is 0 Å². The van der Waals surface area contributed by atoms with E-state index in [-0.39, 0.29) is 30.9 Å². The largest absolute Gasteiger partial charge is 0.481 e. The summed E-state index contributed by atoms with van der Waals surface area (Å²) in [5.41, 5.74) is 1.00. The van der Waals surface area contributed by atoms with Gasteiger partial charge in [0.15, 0.2) is 11.5 Å². The molecule has 192 valence electrons. The number of likely N-dealkylation sites (tertiary alicyclic amines) is 1. The first-order valence-corrected chi connectivity index (χ1v) is 12.9. The van der Waals surface area contributed by atoms with Crippen molar-refractivity contribution < 1.29 is 29.0 Å². The van der Waals surface area contributed by atoms with Crippen LogP contribution in [0.25, 0.3) is 0 Å². The van der Waals surface area contributed by atoms with Gasteiger partial charge >= 0.3 is 5.97 Å². The summed E-state index contributed by atoms with van der Waals surface area (Å²) in [4.78, 5) is 39.1. The number of hydrogen-bond donors (Lipinski definition) is 3. The lowest BCUT2D eigenvalue weighted by Crippen LogP contribution is -2.48. The van der Waals surface area contributed by atoms with Crippen LogP contribution in [0.15, 0.2) is 18.2 Å². The normalized spacial score (nSPS) is 22.5. The molecule has 2 amide bonds. The lowest BCUT2D eigenvalue weighted by Gasteiger charge is -2.33. The van der Waals surface area contributed by atoms with E-state index >= 15 is 0 Å². The lowest BCUT2D eigenvalue weighted by atomic mass is 9.93. The van der Waals surface area contributed by atoms with E-state index in [2.05, 4.69) is 10.6 Å². The van der Waals surface area contributed by atoms with E-state index in [9.17, 15) is 19.5 Å². The van der Waals surface area contributed by atoms with Gasteiger partial charge in [0, 0.05) is 25.6 Å². The third-order valence-electron chi connectivity index (χ3n) is 7.30. The molecule has 0 radical (unpaired) electrons. The number of nitrogens with one attached hydrogen (secondary N) is 2. The number of nitrogens with zero attached hydrogens (tertiary/aromatic N) is 1. The Morgan fingerprint density at radius 1 is 1.17 bits per heavy atom. The van der Waals surface area contributed by atoms with Crippen LogP contribution in [0, 0.1) is 11.8 Å². The highest BCUT2D eigenvalue weighted by Gasteiger charge is 2.30. The molecule has 3 aliphatic rings. The van der Waals surface area contributed by atoms with E-state index < -0.39 is 12.0 Å². The molecular formula is C26H37N3O6. The van der Waals surface area contributed by atoms with Gasteiger partial charge in [-0.25, -0.2) is 0 Å². The topological polar surface area (TPSA) is 117 Å². The van der Waals surface area contributed by atoms with Crippen molar-refractivity contribution >= 4 is 17.8 Å². The molecule has 1 aromatic rings. The standard InChI is InChI=1S/C26H37N3O6/c30-24(10-7-19-3-1-11-27-15-19)29-12-2-4-20(16-29)26(33)28-21(14-25(31)32)8-5-18-6-9-22-23(13-18)35-17-34-22/h6,9,13,19-21,27H,1-5,7-8,10-12,14-17H2,(H,28,33)(H,31,32)/t19?,20-,21-/m1/s1. The van der Waals surface area contributed by atoms with Gasteiger partial charge in [0.1, 0.15) is 0 Å². The van der Waals surface area contributed by atoms with Crippen molar-refractivity contribution in [3.05, 3.63) is 23.8 Å². The predicted molar refractivity (Wildman–Crippen MR) is 129 cm³/mol. The molecule has 9 nitrogen and oxygen atoms in total. The average molecular weight is 488 g/mol.